The van der Waals surface area contributed by atoms with Crippen LogP contribution in [-0.4, -0.2) is 36.1 Å². The van der Waals surface area contributed by atoms with Crippen LogP contribution in [0.4, 0.5) is 0 Å². The maximum Gasteiger partial charge on any atom is 0.254 e. The van der Waals surface area contributed by atoms with E-state index in [1.807, 2.05) is 37.3 Å². The Hall–Kier alpha value is -2.60. The number of aromatic nitrogens is 1. The van der Waals surface area contributed by atoms with E-state index < -0.39 is 0 Å². The predicted molar refractivity (Wildman–Crippen MR) is 113 cm³/mol. The lowest BCUT2D eigenvalue weighted by atomic mass is 10.1. The highest BCUT2D eigenvalue weighted by atomic mass is 32.1. The summed E-state index contributed by atoms with van der Waals surface area (Å²) in [6, 6.07) is 13.4. The van der Waals surface area contributed by atoms with Gasteiger partial charge in [-0.15, -0.1) is 11.3 Å². The Morgan fingerprint density at radius 1 is 1.14 bits per heavy atom. The molecule has 1 amide bonds. The van der Waals surface area contributed by atoms with E-state index in [0.29, 0.717) is 42.7 Å². The van der Waals surface area contributed by atoms with Crippen LogP contribution in [0.2, 0.25) is 0 Å². The van der Waals surface area contributed by atoms with Crippen molar-refractivity contribution >= 4 is 27.5 Å². The minimum Gasteiger partial charge on any atom is -0.490 e. The van der Waals surface area contributed by atoms with Crippen molar-refractivity contribution in [3.05, 3.63) is 53.0 Å². The molecule has 148 valence electrons. The zero-order chi connectivity index (χ0) is 20.1. The van der Waals surface area contributed by atoms with Gasteiger partial charge in [0.25, 0.3) is 5.91 Å². The fourth-order valence-electron chi connectivity index (χ4n) is 2.77. The van der Waals surface area contributed by atoms with Crippen LogP contribution < -0.4 is 9.47 Å². The SMILES string of the molecule is CCOc1cc(C(=O)N(C)Cc2nc3ccccc3s2)ccc1OCC(C)C. The van der Waals surface area contributed by atoms with Crippen LogP contribution in [0.1, 0.15) is 36.1 Å². The second-order valence-electron chi connectivity index (χ2n) is 7.04. The third-order valence-electron chi connectivity index (χ3n) is 4.12. The highest BCUT2D eigenvalue weighted by Gasteiger charge is 2.17. The normalized spacial score (nSPS) is 11.0. The lowest BCUT2D eigenvalue weighted by Crippen LogP contribution is -2.26. The molecule has 0 saturated heterocycles. The molecule has 0 spiro atoms. The molecular weight excluding hydrogens is 372 g/mol. The number of para-hydroxylation sites is 1. The van der Waals surface area contributed by atoms with Crippen LogP contribution in [-0.2, 0) is 6.54 Å². The zero-order valence-electron chi connectivity index (χ0n) is 16.8. The van der Waals surface area contributed by atoms with Gasteiger partial charge >= 0.3 is 0 Å². The molecular formula is C22H26N2O3S. The molecule has 3 rings (SSSR count). The first-order valence-corrected chi connectivity index (χ1v) is 10.3. The lowest BCUT2D eigenvalue weighted by Gasteiger charge is -2.18. The van der Waals surface area contributed by atoms with E-state index in [0.717, 1.165) is 15.2 Å². The van der Waals surface area contributed by atoms with Crippen LogP contribution in [0.3, 0.4) is 0 Å². The van der Waals surface area contributed by atoms with E-state index >= 15 is 0 Å². The number of nitrogens with zero attached hydrogens (tertiary/aromatic N) is 2. The summed E-state index contributed by atoms with van der Waals surface area (Å²) >= 11 is 1.61. The summed E-state index contributed by atoms with van der Waals surface area (Å²) in [5, 5.41) is 0.916. The topological polar surface area (TPSA) is 51.7 Å². The monoisotopic (exact) mass is 398 g/mol. The molecule has 5 nitrogen and oxygen atoms in total. The molecule has 3 aromatic rings. The fourth-order valence-corrected chi connectivity index (χ4v) is 3.79. The smallest absolute Gasteiger partial charge is 0.254 e. The van der Waals surface area contributed by atoms with Crippen LogP contribution in [0.25, 0.3) is 10.2 Å². The minimum atomic E-state index is -0.0735. The van der Waals surface area contributed by atoms with Crippen molar-refractivity contribution in [3.8, 4) is 11.5 Å². The van der Waals surface area contributed by atoms with Crippen molar-refractivity contribution in [2.75, 3.05) is 20.3 Å². The molecule has 0 aliphatic heterocycles. The maximum absolute atomic E-state index is 12.9. The molecule has 6 heteroatoms. The number of carbonyl (C=O) groups excluding carboxylic acids is 1. The van der Waals surface area contributed by atoms with Gasteiger partial charge < -0.3 is 14.4 Å². The highest BCUT2D eigenvalue weighted by Crippen LogP contribution is 2.30. The number of hydrogen-bond acceptors (Lipinski definition) is 5. The summed E-state index contributed by atoms with van der Waals surface area (Å²) in [6.07, 6.45) is 0. The van der Waals surface area contributed by atoms with Crippen LogP contribution >= 0.6 is 11.3 Å². The van der Waals surface area contributed by atoms with Gasteiger partial charge in [-0.2, -0.15) is 0 Å². The number of thiazole rings is 1. The van der Waals surface area contributed by atoms with E-state index in [1.165, 1.54) is 0 Å². The number of amides is 1. The molecule has 0 aliphatic rings. The Balaban J connectivity index is 1.75. The molecule has 28 heavy (non-hydrogen) atoms. The summed E-state index contributed by atoms with van der Waals surface area (Å²) in [4.78, 5) is 19.2. The van der Waals surface area contributed by atoms with Gasteiger partial charge in [-0.05, 0) is 43.2 Å². The van der Waals surface area contributed by atoms with E-state index in [-0.39, 0.29) is 5.91 Å². The van der Waals surface area contributed by atoms with Gasteiger partial charge in [0, 0.05) is 12.6 Å². The van der Waals surface area contributed by atoms with Crippen molar-refractivity contribution in [2.24, 2.45) is 5.92 Å². The van der Waals surface area contributed by atoms with Crippen LogP contribution in [0, 0.1) is 5.92 Å². The van der Waals surface area contributed by atoms with E-state index in [4.69, 9.17) is 9.47 Å². The number of carbonyl (C=O) groups is 1. The van der Waals surface area contributed by atoms with Crippen LogP contribution in [0.5, 0.6) is 11.5 Å². The van der Waals surface area contributed by atoms with Gasteiger partial charge in [0.15, 0.2) is 11.5 Å². The number of rotatable bonds is 8. The molecule has 0 fully saturated rings. The molecule has 1 heterocycles. The molecule has 2 aromatic carbocycles. The Kier molecular flexibility index (Phi) is 6.52. The van der Waals surface area contributed by atoms with Crippen molar-refractivity contribution in [3.63, 3.8) is 0 Å². The molecule has 1 aromatic heterocycles. The van der Waals surface area contributed by atoms with Crippen molar-refractivity contribution in [1.29, 1.82) is 0 Å². The third-order valence-corrected chi connectivity index (χ3v) is 5.14. The van der Waals surface area contributed by atoms with Crippen molar-refractivity contribution in [2.45, 2.75) is 27.3 Å². The van der Waals surface area contributed by atoms with Crippen LogP contribution in [0.15, 0.2) is 42.5 Å². The number of ether oxygens (including phenoxy) is 2. The summed E-state index contributed by atoms with van der Waals surface area (Å²) < 4.78 is 12.6. The second-order valence-corrected chi connectivity index (χ2v) is 8.15. The second kappa shape index (κ2) is 9.06. The van der Waals surface area contributed by atoms with Gasteiger partial charge in [0.05, 0.1) is 30.0 Å². The maximum atomic E-state index is 12.9. The summed E-state index contributed by atoms with van der Waals surface area (Å²) in [5.74, 6) is 1.61. The highest BCUT2D eigenvalue weighted by molar-refractivity contribution is 7.18. The Bertz CT molecular complexity index is 919. The number of benzene rings is 2. The number of hydrogen-bond donors (Lipinski definition) is 0. The zero-order valence-corrected chi connectivity index (χ0v) is 17.6. The van der Waals surface area contributed by atoms with E-state index in [2.05, 4.69) is 18.8 Å². The summed E-state index contributed by atoms with van der Waals surface area (Å²) in [6.45, 7) is 7.68. The molecule has 0 bridgehead atoms. The Labute approximate surface area is 169 Å². The van der Waals surface area contributed by atoms with Gasteiger partial charge in [-0.1, -0.05) is 26.0 Å². The lowest BCUT2D eigenvalue weighted by molar-refractivity contribution is 0.0784. The quantitative estimate of drug-likeness (QED) is 0.536. The summed E-state index contributed by atoms with van der Waals surface area (Å²) in [7, 11) is 1.79. The first-order chi connectivity index (χ1) is 13.5. The standard InChI is InChI=1S/C22H26N2O3S/c1-5-26-19-12-16(10-11-18(19)27-14-15(2)3)22(25)24(4)13-21-23-17-8-6-7-9-20(17)28-21/h6-12,15H,5,13-14H2,1-4H3. The minimum absolute atomic E-state index is 0.0735. The van der Waals surface area contributed by atoms with Gasteiger partial charge in [0.2, 0.25) is 0 Å². The molecule has 0 unspecified atom stereocenters. The van der Waals surface area contributed by atoms with E-state index in [1.54, 1.807) is 35.4 Å². The largest absolute Gasteiger partial charge is 0.490 e. The third kappa shape index (κ3) is 4.81. The molecule has 0 atom stereocenters. The fraction of sp³-hybridized carbons (Fsp3) is 0.364. The Morgan fingerprint density at radius 2 is 1.93 bits per heavy atom. The number of fused-ring (bicyclic) bond motifs is 1. The average Bonchev–Trinajstić information content (AvgIpc) is 3.08. The van der Waals surface area contributed by atoms with E-state index in [9.17, 15) is 4.79 Å². The Morgan fingerprint density at radius 3 is 2.64 bits per heavy atom. The van der Waals surface area contributed by atoms with Gasteiger partial charge in [0.1, 0.15) is 5.01 Å². The molecule has 0 radical (unpaired) electrons. The van der Waals surface area contributed by atoms with Gasteiger partial charge in [-0.3, -0.25) is 4.79 Å². The van der Waals surface area contributed by atoms with Crippen molar-refractivity contribution < 1.29 is 14.3 Å². The molecule has 0 N–H and O–H groups in total. The molecule has 0 aliphatic carbocycles. The summed E-state index contributed by atoms with van der Waals surface area (Å²) in [5.41, 5.74) is 1.54. The average molecular weight is 399 g/mol. The van der Waals surface area contributed by atoms with Crippen molar-refractivity contribution in [1.82, 2.24) is 9.88 Å². The molecule has 0 saturated carbocycles. The van der Waals surface area contributed by atoms with Gasteiger partial charge in [-0.25, -0.2) is 4.98 Å². The first-order valence-electron chi connectivity index (χ1n) is 9.47. The predicted octanol–water partition coefficient (Wildman–Crippen LogP) is 5.00. The first kappa shape index (κ1) is 20.1.